The van der Waals surface area contributed by atoms with E-state index >= 15 is 0 Å². The van der Waals surface area contributed by atoms with Crippen LogP contribution in [0.1, 0.15) is 182 Å². The number of carbonyl (C=O) groups excluding carboxylic acids is 3. The Balaban J connectivity index is 0.000000163. The van der Waals surface area contributed by atoms with Gasteiger partial charge in [-0.1, -0.05) is 117 Å². The molecule has 6 aliphatic heterocycles. The summed E-state index contributed by atoms with van der Waals surface area (Å²) in [6.45, 7) is 28.4. The lowest BCUT2D eigenvalue weighted by atomic mass is 9.92. The highest BCUT2D eigenvalue weighted by molar-refractivity contribution is 5.68. The molecule has 6 aromatic rings. The van der Waals surface area contributed by atoms with E-state index in [-0.39, 0.29) is 47.7 Å². The van der Waals surface area contributed by atoms with Gasteiger partial charge >= 0.3 is 18.3 Å². The third kappa shape index (κ3) is 24.5. The van der Waals surface area contributed by atoms with Crippen LogP contribution in [-0.2, 0) is 79.3 Å². The third-order valence-corrected chi connectivity index (χ3v) is 20.2. The highest BCUT2D eigenvalue weighted by atomic mass is 16.6. The fourth-order valence-electron chi connectivity index (χ4n) is 14.6. The number of hydrogen-bond acceptors (Lipinski definition) is 13. The van der Waals surface area contributed by atoms with Crippen LogP contribution in [0.3, 0.4) is 0 Å². The van der Waals surface area contributed by atoms with Gasteiger partial charge in [-0.2, -0.15) is 0 Å². The molecule has 3 fully saturated rings. The molecule has 0 unspecified atom stereocenters. The molecule has 18 heteroatoms. The SMILES string of the molecule is CC(C)OC(=O)N1CCC(CCCOc2nccc3c2CCN(Cc2ccccc2)C3)CC1.CC(C)OC(=O)N1CCC(CCCn2ccc3c(c2=O)CCN(Cc2ccccc2)C3)CC1.CCCCC1CCN(C(=O)OC(C)C)CC1.O=c1[nH]ccc2c1CCN(Cc1ccccc1)C2. The van der Waals surface area contributed by atoms with Crippen LogP contribution < -0.4 is 15.9 Å². The predicted octanol–water partition coefficient (Wildman–Crippen LogP) is 14.9. The standard InChI is InChI=1S/2C27H37N3O3.C15H16N2O.C13H25NO2/c1-21(2)33-27(31)30-16-11-22(12-17-30)9-6-18-32-26-25-13-15-29(20-24(25)10-14-28-26)19-23-7-4-3-5-8-23;1-21(2)33-27(32)30-16-10-22(11-17-30)9-6-14-29-18-12-24-20-28(15-13-25(24)26(29)31)19-23-7-4-3-5-8-23;18-15-14-7-9-17(11-13(14)6-8-16-15)10-12-4-2-1-3-5-12;1-4-5-6-12-7-9-14(10-8-12)13(15)16-11(2)3/h3-5,7-8,10,14,21-22H,6,9,11-13,15-20H2,1-2H3;3-5,7-8,12,18,21-22H,6,9-11,13-17,19-20H2,1-2H3;1-6,8H,7,9-11H2,(H,16,18);11-12H,4-10H2,1-3H3. The molecule has 3 aromatic carbocycles. The van der Waals surface area contributed by atoms with Crippen LogP contribution in [0.2, 0.25) is 0 Å². The molecule has 3 aromatic heterocycles. The number of carbonyl (C=O) groups is 3. The van der Waals surface area contributed by atoms with Crippen molar-refractivity contribution in [1.29, 1.82) is 0 Å². The van der Waals surface area contributed by atoms with Crippen LogP contribution in [0, 0.1) is 17.8 Å². The Morgan fingerprint density at radius 2 is 0.880 bits per heavy atom. The number of benzene rings is 3. The molecular formula is C82H115N9O9. The van der Waals surface area contributed by atoms with Crippen LogP contribution in [0.15, 0.2) is 137 Å². The zero-order valence-corrected chi connectivity index (χ0v) is 61.2. The van der Waals surface area contributed by atoms with Crippen LogP contribution >= 0.6 is 0 Å². The normalized spacial score (nSPS) is 17.0. The summed E-state index contributed by atoms with van der Waals surface area (Å²) >= 11 is 0. The van der Waals surface area contributed by atoms with Gasteiger partial charge in [-0.25, -0.2) is 19.4 Å². The topological polar surface area (TPSA) is 175 Å². The van der Waals surface area contributed by atoms with Gasteiger partial charge in [0.1, 0.15) is 0 Å². The quantitative estimate of drug-likeness (QED) is 0.0533. The van der Waals surface area contributed by atoms with E-state index in [9.17, 15) is 24.0 Å². The van der Waals surface area contributed by atoms with E-state index in [4.69, 9.17) is 18.9 Å². The fraction of sp³-hybridized carbons (Fsp3) is 0.561. The monoisotopic (exact) mass is 1370 g/mol. The number of rotatable bonds is 21. The maximum absolute atomic E-state index is 13.1. The summed E-state index contributed by atoms with van der Waals surface area (Å²) in [6.07, 6.45) is 22.2. The first-order valence-corrected chi connectivity index (χ1v) is 37.7. The Labute approximate surface area is 595 Å². The molecule has 0 radical (unpaired) electrons. The van der Waals surface area contributed by atoms with Crippen molar-refractivity contribution in [1.82, 2.24) is 43.9 Å². The second-order valence-electron chi connectivity index (χ2n) is 29.1. The Morgan fingerprint density at radius 3 is 1.32 bits per heavy atom. The van der Waals surface area contributed by atoms with E-state index in [0.29, 0.717) is 18.4 Å². The van der Waals surface area contributed by atoms with Gasteiger partial charge < -0.3 is 43.2 Å². The molecule has 3 saturated heterocycles. The summed E-state index contributed by atoms with van der Waals surface area (Å²) in [4.78, 5) is 80.5. The zero-order valence-electron chi connectivity index (χ0n) is 61.2. The highest BCUT2D eigenvalue weighted by Gasteiger charge is 2.29. The Kier molecular flexibility index (Phi) is 30.6. The van der Waals surface area contributed by atoms with E-state index in [0.717, 1.165) is 211 Å². The molecule has 6 aliphatic rings. The first-order chi connectivity index (χ1) is 48.5. The third-order valence-electron chi connectivity index (χ3n) is 20.2. The summed E-state index contributed by atoms with van der Waals surface area (Å²) < 4.78 is 23.9. The number of aromatic amines is 1. The van der Waals surface area contributed by atoms with Crippen LogP contribution in [0.25, 0.3) is 0 Å². The maximum Gasteiger partial charge on any atom is 0.410 e. The van der Waals surface area contributed by atoms with E-state index in [1.54, 1.807) is 6.20 Å². The van der Waals surface area contributed by atoms with Crippen molar-refractivity contribution < 1.29 is 33.3 Å². The number of aromatic nitrogens is 3. The number of unbranched alkanes of at least 4 members (excludes halogenated alkanes) is 1. The Morgan fingerprint density at radius 1 is 0.480 bits per heavy atom. The molecule has 100 heavy (non-hydrogen) atoms. The molecule has 1 N–H and O–H groups in total. The molecule has 0 atom stereocenters. The number of ether oxygens (including phenoxy) is 4. The number of fused-ring (bicyclic) bond motifs is 3. The number of H-pyrrole nitrogens is 1. The van der Waals surface area contributed by atoms with Gasteiger partial charge in [0.25, 0.3) is 11.1 Å². The van der Waals surface area contributed by atoms with Crippen molar-refractivity contribution in [3.8, 4) is 5.88 Å². The number of hydrogen-bond donors (Lipinski definition) is 1. The number of likely N-dealkylation sites (tertiary alicyclic amines) is 3. The van der Waals surface area contributed by atoms with E-state index in [1.807, 2.05) is 91.4 Å². The predicted molar refractivity (Wildman–Crippen MR) is 396 cm³/mol. The minimum atomic E-state index is -0.189. The lowest BCUT2D eigenvalue weighted by Gasteiger charge is -2.32. The fourth-order valence-corrected chi connectivity index (χ4v) is 14.6. The van der Waals surface area contributed by atoms with Gasteiger partial charge in [0.2, 0.25) is 5.88 Å². The van der Waals surface area contributed by atoms with Gasteiger partial charge in [-0.15, -0.1) is 0 Å². The van der Waals surface area contributed by atoms with E-state index < -0.39 is 0 Å². The lowest BCUT2D eigenvalue weighted by Crippen LogP contribution is -2.39. The molecule has 0 spiro atoms. The van der Waals surface area contributed by atoms with Gasteiger partial charge in [0.15, 0.2) is 0 Å². The number of nitrogens with zero attached hydrogens (tertiary/aromatic N) is 8. The molecule has 0 bridgehead atoms. The van der Waals surface area contributed by atoms with Crippen molar-refractivity contribution in [2.24, 2.45) is 17.8 Å². The maximum atomic E-state index is 13.1. The van der Waals surface area contributed by atoms with Crippen molar-refractivity contribution in [3.63, 3.8) is 0 Å². The lowest BCUT2D eigenvalue weighted by molar-refractivity contribution is 0.0635. The van der Waals surface area contributed by atoms with Gasteiger partial charge in [0.05, 0.1) is 24.9 Å². The number of nitrogens with one attached hydrogen (secondary N) is 1. The molecule has 542 valence electrons. The zero-order chi connectivity index (χ0) is 70.6. The molecule has 9 heterocycles. The minimum absolute atomic E-state index is 0.00897. The van der Waals surface area contributed by atoms with Crippen LogP contribution in [0.4, 0.5) is 14.4 Å². The average Bonchev–Trinajstić information content (AvgIpc) is 0.806. The van der Waals surface area contributed by atoms with Crippen LogP contribution in [0.5, 0.6) is 5.88 Å². The first-order valence-electron chi connectivity index (χ1n) is 37.7. The van der Waals surface area contributed by atoms with Crippen molar-refractivity contribution >= 4 is 18.3 Å². The second-order valence-corrected chi connectivity index (χ2v) is 29.1. The molecule has 18 nitrogen and oxygen atoms in total. The van der Waals surface area contributed by atoms with Crippen molar-refractivity contribution in [2.75, 3.05) is 65.5 Å². The van der Waals surface area contributed by atoms with Crippen molar-refractivity contribution in [3.05, 3.63) is 199 Å². The number of pyridine rings is 3. The molecule has 0 aliphatic carbocycles. The summed E-state index contributed by atoms with van der Waals surface area (Å²) in [6, 6.07) is 38.0. The van der Waals surface area contributed by atoms with Gasteiger partial charge in [-0.3, -0.25) is 24.3 Å². The molecule has 0 saturated carbocycles. The summed E-state index contributed by atoms with van der Waals surface area (Å²) in [5.41, 5.74) is 11.2. The van der Waals surface area contributed by atoms with E-state index in [2.05, 4.69) is 123 Å². The summed E-state index contributed by atoms with van der Waals surface area (Å²) in [5.74, 6) is 2.91. The number of aryl methyl sites for hydroxylation is 1. The average molecular weight is 1370 g/mol. The second kappa shape index (κ2) is 40.0. The first kappa shape index (κ1) is 76.4. The Hall–Kier alpha value is -7.80. The van der Waals surface area contributed by atoms with Gasteiger partial charge in [0, 0.05) is 140 Å². The number of piperidine rings is 3. The summed E-state index contributed by atoms with van der Waals surface area (Å²) in [7, 11) is 0. The summed E-state index contributed by atoms with van der Waals surface area (Å²) in [5, 5.41) is 0. The smallest absolute Gasteiger partial charge is 0.410 e. The Bertz CT molecular complexity index is 3540. The van der Waals surface area contributed by atoms with E-state index in [1.165, 1.54) is 58.2 Å². The highest BCUT2D eigenvalue weighted by Crippen LogP contribution is 2.30. The molecular weight excluding hydrogens is 1250 g/mol. The largest absolute Gasteiger partial charge is 0.477 e. The van der Waals surface area contributed by atoms with Crippen LogP contribution in [-0.4, -0.2) is 146 Å². The molecule has 12 rings (SSSR count). The molecule has 3 amide bonds. The van der Waals surface area contributed by atoms with Gasteiger partial charge in [-0.05, 0) is 194 Å². The number of amides is 3. The minimum Gasteiger partial charge on any atom is -0.477 e. The van der Waals surface area contributed by atoms with Crippen molar-refractivity contribution in [2.45, 2.75) is 215 Å².